The SMILES string of the molecule is C=C/C=C(\CCC)c1ccc2c(c1)c1cc(C3=CC=CCC3)ccc1n2-c1cccc2c1oc1ccccc12.CC.CN(c1ccccc1)c1ccccc1.c1ccc(Nc2ccccc2)cc1. The summed E-state index contributed by atoms with van der Waals surface area (Å²) in [4.78, 5) is 2.17. The molecule has 0 spiro atoms. The van der Waals surface area contributed by atoms with Gasteiger partial charge in [0, 0.05) is 51.3 Å². The second-order valence-electron chi connectivity index (χ2n) is 16.5. The van der Waals surface area contributed by atoms with Crippen LogP contribution in [-0.4, -0.2) is 11.6 Å². The lowest BCUT2D eigenvalue weighted by molar-refractivity contribution is 0.666. The highest BCUT2D eigenvalue weighted by atomic mass is 16.3. The summed E-state index contributed by atoms with van der Waals surface area (Å²) in [7, 11) is 2.07. The summed E-state index contributed by atoms with van der Waals surface area (Å²) in [6.07, 6.45) is 15.0. The fraction of sp³-hybridized carbons (Fsp3) is 0.125. The fourth-order valence-electron chi connectivity index (χ4n) is 8.83. The quantitative estimate of drug-likeness (QED) is 0.139. The molecule has 4 nitrogen and oxygen atoms in total. The van der Waals surface area contributed by atoms with Crippen molar-refractivity contribution >= 4 is 77.6 Å². The van der Waals surface area contributed by atoms with Crippen molar-refractivity contribution in [1.82, 2.24) is 4.57 Å². The van der Waals surface area contributed by atoms with Crippen molar-refractivity contribution in [2.45, 2.75) is 46.5 Å². The highest BCUT2D eigenvalue weighted by Gasteiger charge is 2.19. The van der Waals surface area contributed by atoms with Gasteiger partial charge < -0.3 is 19.2 Å². The number of furan rings is 1. The van der Waals surface area contributed by atoms with Crippen LogP contribution in [0.1, 0.15) is 57.6 Å². The van der Waals surface area contributed by atoms with Gasteiger partial charge in [-0.25, -0.2) is 0 Å². The van der Waals surface area contributed by atoms with Crippen LogP contribution in [0.15, 0.2) is 242 Å². The Morgan fingerprint density at radius 3 is 1.81 bits per heavy atom. The maximum absolute atomic E-state index is 6.49. The maximum atomic E-state index is 6.49. The van der Waals surface area contributed by atoms with Crippen LogP contribution in [0.25, 0.3) is 60.6 Å². The zero-order valence-corrected chi connectivity index (χ0v) is 39.8. The number of anilines is 4. The van der Waals surface area contributed by atoms with Crippen LogP contribution in [-0.2, 0) is 0 Å². The first-order valence-corrected chi connectivity index (χ1v) is 24.0. The fourth-order valence-corrected chi connectivity index (χ4v) is 8.83. The molecule has 0 fully saturated rings. The van der Waals surface area contributed by atoms with E-state index < -0.39 is 0 Å². The molecule has 68 heavy (non-hydrogen) atoms. The highest BCUT2D eigenvalue weighted by Crippen LogP contribution is 2.40. The molecule has 0 bridgehead atoms. The van der Waals surface area contributed by atoms with Gasteiger partial charge in [0.05, 0.1) is 16.7 Å². The van der Waals surface area contributed by atoms with Crippen molar-refractivity contribution in [3.63, 3.8) is 0 Å². The minimum atomic E-state index is 0.918. The Hall–Kier alpha value is -8.08. The molecular formula is C64H61N3O. The van der Waals surface area contributed by atoms with Crippen LogP contribution in [0.2, 0.25) is 0 Å². The molecule has 2 aromatic heterocycles. The Labute approximate surface area is 402 Å². The molecule has 1 aliphatic rings. The van der Waals surface area contributed by atoms with Crippen molar-refractivity contribution in [3.05, 3.63) is 248 Å². The lowest BCUT2D eigenvalue weighted by atomic mass is 9.95. The number of allylic oxidation sites excluding steroid dienone is 7. The molecule has 0 aliphatic heterocycles. The summed E-state index contributed by atoms with van der Waals surface area (Å²) >= 11 is 0. The number of nitrogens with zero attached hydrogens (tertiary/aromatic N) is 2. The molecule has 0 amide bonds. The number of nitrogens with one attached hydrogen (secondary N) is 1. The van der Waals surface area contributed by atoms with E-state index in [1.165, 1.54) is 55.5 Å². The van der Waals surface area contributed by atoms with Crippen molar-refractivity contribution in [1.29, 1.82) is 0 Å². The van der Waals surface area contributed by atoms with Gasteiger partial charge in [-0.15, -0.1) is 0 Å². The average molecular weight is 888 g/mol. The van der Waals surface area contributed by atoms with Crippen molar-refractivity contribution in [3.8, 4) is 5.69 Å². The van der Waals surface area contributed by atoms with Gasteiger partial charge in [0.25, 0.3) is 0 Å². The van der Waals surface area contributed by atoms with Crippen molar-refractivity contribution in [2.24, 2.45) is 0 Å². The summed E-state index contributed by atoms with van der Waals surface area (Å²) in [6, 6.07) is 69.6. The van der Waals surface area contributed by atoms with Gasteiger partial charge in [0.1, 0.15) is 5.58 Å². The molecule has 8 aromatic carbocycles. The molecule has 0 atom stereocenters. The standard InChI is InChI=1S/C37H31NO.C13H13N.C12H11N.C2H6/c1-3-11-25(12-4-2)27-19-21-33-31(23-27)32-24-28(26-13-6-5-7-14-26)20-22-34(32)38(33)35-17-10-16-30-29-15-8-9-18-36(29)39-37(30)35;1-14(12-8-4-2-5-9-12)13-10-6-3-7-11-13;1-3-7-11(8-4-1)13-12-9-5-2-6-10-12;1-2/h3,5-6,8-11,13,15-24H,1,4,7,12,14H2,2H3;2-11H,1H3;1-10,13H;1-2H3/b25-11+;;;. The number of fused-ring (bicyclic) bond motifs is 6. The summed E-state index contributed by atoms with van der Waals surface area (Å²) in [6.45, 7) is 10.2. The van der Waals surface area contributed by atoms with E-state index in [9.17, 15) is 0 Å². The van der Waals surface area contributed by atoms with Crippen molar-refractivity contribution in [2.75, 3.05) is 17.3 Å². The predicted molar refractivity (Wildman–Crippen MR) is 296 cm³/mol. The molecule has 10 aromatic rings. The lowest BCUT2D eigenvalue weighted by Crippen LogP contribution is -2.08. The zero-order chi connectivity index (χ0) is 47.1. The largest absolute Gasteiger partial charge is 0.454 e. The molecule has 2 heterocycles. The third kappa shape index (κ3) is 10.6. The van der Waals surface area contributed by atoms with Crippen LogP contribution < -0.4 is 10.2 Å². The average Bonchev–Trinajstić information content (AvgIpc) is 3.96. The Morgan fingerprint density at radius 2 is 1.21 bits per heavy atom. The topological polar surface area (TPSA) is 33.3 Å². The second-order valence-corrected chi connectivity index (χ2v) is 16.5. The monoisotopic (exact) mass is 887 g/mol. The molecule has 0 saturated heterocycles. The van der Waals surface area contributed by atoms with E-state index in [2.05, 4.69) is 181 Å². The van der Waals surface area contributed by atoms with Crippen LogP contribution in [0, 0.1) is 0 Å². The van der Waals surface area contributed by atoms with Gasteiger partial charge >= 0.3 is 0 Å². The molecule has 11 rings (SSSR count). The number of para-hydroxylation sites is 6. The minimum Gasteiger partial charge on any atom is -0.454 e. The van der Waals surface area contributed by atoms with Crippen LogP contribution in [0.3, 0.4) is 0 Å². The first kappa shape index (κ1) is 46.4. The Balaban J connectivity index is 0.000000175. The number of rotatable bonds is 10. The summed E-state index contributed by atoms with van der Waals surface area (Å²) < 4.78 is 8.88. The Kier molecular flexibility index (Phi) is 15.6. The van der Waals surface area contributed by atoms with Gasteiger partial charge in [-0.1, -0.05) is 179 Å². The molecular weight excluding hydrogens is 827 g/mol. The van der Waals surface area contributed by atoms with E-state index in [-0.39, 0.29) is 0 Å². The summed E-state index contributed by atoms with van der Waals surface area (Å²) in [5.41, 5.74) is 15.2. The smallest absolute Gasteiger partial charge is 0.159 e. The van der Waals surface area contributed by atoms with E-state index in [1.807, 2.05) is 98.8 Å². The number of aromatic nitrogens is 1. The first-order valence-electron chi connectivity index (χ1n) is 24.0. The zero-order valence-electron chi connectivity index (χ0n) is 39.8. The van der Waals surface area contributed by atoms with E-state index in [4.69, 9.17) is 4.42 Å². The molecule has 4 heteroatoms. The van der Waals surface area contributed by atoms with Gasteiger partial charge in [-0.05, 0) is 126 Å². The lowest BCUT2D eigenvalue weighted by Gasteiger charge is -2.18. The second kappa shape index (κ2) is 22.9. The van der Waals surface area contributed by atoms with Crippen LogP contribution in [0.4, 0.5) is 22.7 Å². The van der Waals surface area contributed by atoms with E-state index in [1.54, 1.807) is 0 Å². The molecule has 0 radical (unpaired) electrons. The Bertz CT molecular complexity index is 3230. The first-order chi connectivity index (χ1) is 33.6. The van der Waals surface area contributed by atoms with Crippen molar-refractivity contribution < 1.29 is 4.42 Å². The third-order valence-electron chi connectivity index (χ3n) is 12.1. The van der Waals surface area contributed by atoms with Gasteiger partial charge in [0.2, 0.25) is 0 Å². The third-order valence-corrected chi connectivity index (χ3v) is 12.1. The summed E-state index contributed by atoms with van der Waals surface area (Å²) in [5.74, 6) is 0. The van der Waals surface area contributed by atoms with Gasteiger partial charge in [-0.3, -0.25) is 0 Å². The molecule has 1 N–H and O–H groups in total. The van der Waals surface area contributed by atoms with Crippen LogP contribution >= 0.6 is 0 Å². The van der Waals surface area contributed by atoms with E-state index in [0.717, 1.165) is 64.7 Å². The predicted octanol–water partition coefficient (Wildman–Crippen LogP) is 18.7. The highest BCUT2D eigenvalue weighted by molar-refractivity contribution is 6.13. The molecule has 1 aliphatic carbocycles. The molecule has 338 valence electrons. The summed E-state index contributed by atoms with van der Waals surface area (Å²) in [5, 5.41) is 8.12. The number of benzene rings is 8. The molecule has 0 saturated carbocycles. The van der Waals surface area contributed by atoms with E-state index in [0.29, 0.717) is 0 Å². The Morgan fingerprint density at radius 1 is 0.632 bits per heavy atom. The van der Waals surface area contributed by atoms with Gasteiger partial charge in [-0.2, -0.15) is 0 Å². The number of hydrogen-bond donors (Lipinski definition) is 1. The minimum absolute atomic E-state index is 0.918. The van der Waals surface area contributed by atoms with Crippen LogP contribution in [0.5, 0.6) is 0 Å². The maximum Gasteiger partial charge on any atom is 0.159 e. The van der Waals surface area contributed by atoms with E-state index >= 15 is 0 Å². The molecule has 0 unspecified atom stereocenters. The normalized spacial score (nSPS) is 12.0. The number of hydrogen-bond acceptors (Lipinski definition) is 3. The van der Waals surface area contributed by atoms with Gasteiger partial charge in [0.15, 0.2) is 5.58 Å².